The zero-order valence-corrected chi connectivity index (χ0v) is 17.3. The number of carbonyl (C=O) groups is 1. The van der Waals surface area contributed by atoms with Crippen molar-refractivity contribution in [3.05, 3.63) is 53.0 Å². The summed E-state index contributed by atoms with van der Waals surface area (Å²) in [4.78, 5) is 18.8. The molecule has 3 heterocycles. The molecule has 0 spiro atoms. The molecule has 3 aromatic rings. The fraction of sp³-hybridized carbons (Fsp3) is 0.278. The first-order valence-corrected chi connectivity index (χ1v) is 10.7. The number of aromatic nitrogens is 3. The van der Waals surface area contributed by atoms with Gasteiger partial charge < -0.3 is 10.4 Å². The number of rotatable bonds is 6. The molecule has 178 valence electrons. The number of sulfone groups is 1. The Morgan fingerprint density at radius 3 is 2.30 bits per heavy atom. The van der Waals surface area contributed by atoms with Gasteiger partial charge in [-0.2, -0.15) is 26.3 Å². The predicted molar refractivity (Wildman–Crippen MR) is 101 cm³/mol. The predicted octanol–water partition coefficient (Wildman–Crippen LogP) is 3.87. The van der Waals surface area contributed by atoms with Crippen LogP contribution in [0.1, 0.15) is 34.1 Å². The first-order chi connectivity index (χ1) is 15.1. The van der Waals surface area contributed by atoms with Crippen molar-refractivity contribution in [2.75, 3.05) is 11.1 Å². The van der Waals surface area contributed by atoms with Crippen LogP contribution in [0.4, 0.5) is 32.2 Å². The van der Waals surface area contributed by atoms with E-state index in [9.17, 15) is 44.7 Å². The van der Waals surface area contributed by atoms with Crippen molar-refractivity contribution in [2.45, 2.75) is 30.8 Å². The molecule has 0 aliphatic carbocycles. The summed E-state index contributed by atoms with van der Waals surface area (Å²) in [6, 6.07) is 1.65. The summed E-state index contributed by atoms with van der Waals surface area (Å²) in [5, 5.41) is 11.2. The van der Waals surface area contributed by atoms with Crippen LogP contribution in [0.2, 0.25) is 0 Å². The second-order valence-electron chi connectivity index (χ2n) is 6.69. The zero-order valence-electron chi connectivity index (χ0n) is 16.5. The van der Waals surface area contributed by atoms with Gasteiger partial charge in [-0.25, -0.2) is 18.2 Å². The van der Waals surface area contributed by atoms with Crippen LogP contribution >= 0.6 is 0 Å². The third kappa shape index (κ3) is 4.86. The molecule has 33 heavy (non-hydrogen) atoms. The van der Waals surface area contributed by atoms with Crippen LogP contribution in [0.5, 0.6) is 0 Å². The number of pyridine rings is 2. The van der Waals surface area contributed by atoms with E-state index in [1.165, 1.54) is 6.92 Å². The highest BCUT2D eigenvalue weighted by Crippen LogP contribution is 2.33. The Balaban J connectivity index is 2.08. The first-order valence-electron chi connectivity index (χ1n) is 9.00. The van der Waals surface area contributed by atoms with Gasteiger partial charge in [0.15, 0.2) is 20.7 Å². The second-order valence-corrected chi connectivity index (χ2v) is 8.88. The van der Waals surface area contributed by atoms with Crippen LogP contribution in [0.15, 0.2) is 35.6 Å². The molecule has 0 saturated heterocycles. The molecular weight excluding hydrogens is 482 g/mol. The monoisotopic (exact) mass is 496 g/mol. The minimum absolute atomic E-state index is 0.363. The molecule has 0 saturated carbocycles. The summed E-state index contributed by atoms with van der Waals surface area (Å²) in [5.41, 5.74) is -3.91. The van der Waals surface area contributed by atoms with E-state index in [2.05, 4.69) is 15.3 Å². The normalized spacial score (nSPS) is 12.8. The number of hydrogen-bond donors (Lipinski definition) is 2. The van der Waals surface area contributed by atoms with Crippen molar-refractivity contribution >= 4 is 27.3 Å². The summed E-state index contributed by atoms with van der Waals surface area (Å²) >= 11 is 0. The number of carboxylic acid groups (broad SMARTS) is 1. The van der Waals surface area contributed by atoms with Gasteiger partial charge in [0.05, 0.1) is 34.7 Å². The number of aromatic carboxylic acids is 1. The Kier molecular flexibility index (Phi) is 6.04. The van der Waals surface area contributed by atoms with Gasteiger partial charge in [0.1, 0.15) is 5.65 Å². The topological polar surface area (TPSA) is 114 Å². The van der Waals surface area contributed by atoms with E-state index in [1.807, 2.05) is 0 Å². The van der Waals surface area contributed by atoms with Crippen LogP contribution < -0.4 is 5.32 Å². The maximum atomic E-state index is 13.0. The molecule has 0 unspecified atom stereocenters. The summed E-state index contributed by atoms with van der Waals surface area (Å²) in [7, 11) is -4.05. The summed E-state index contributed by atoms with van der Waals surface area (Å²) in [6.45, 7) is 0.727. The molecular formula is C18H14F6N4O4S. The van der Waals surface area contributed by atoms with Crippen LogP contribution in [-0.4, -0.2) is 39.6 Å². The fourth-order valence-electron chi connectivity index (χ4n) is 2.89. The van der Waals surface area contributed by atoms with Gasteiger partial charge in [0.2, 0.25) is 0 Å². The third-order valence-corrected chi connectivity index (χ3v) is 6.27. The van der Waals surface area contributed by atoms with E-state index < -0.39 is 68.0 Å². The number of carboxylic acids is 1. The number of imidazole rings is 1. The van der Waals surface area contributed by atoms with E-state index in [4.69, 9.17) is 0 Å². The second kappa shape index (κ2) is 8.20. The Bertz CT molecular complexity index is 1330. The molecule has 0 aliphatic heterocycles. The molecule has 2 N–H and O–H groups in total. The molecule has 0 fully saturated rings. The van der Waals surface area contributed by atoms with E-state index in [1.54, 1.807) is 0 Å². The van der Waals surface area contributed by atoms with Crippen LogP contribution in [0.25, 0.3) is 5.65 Å². The lowest BCUT2D eigenvalue weighted by Crippen LogP contribution is -2.15. The highest BCUT2D eigenvalue weighted by molar-refractivity contribution is 7.91. The standard InChI is InChI=1S/C18H14F6N4O4S/c1-2-33(31,32)15-14(27-13-6-9(17(19,20)21)3-4-28(13)15)26-8-12-11(16(29)30)5-10(7-25-12)18(22,23)24/h3-7,26H,2,8H2,1H3,(H,29,30). The lowest BCUT2D eigenvalue weighted by Gasteiger charge is -2.12. The minimum atomic E-state index is -4.84. The Morgan fingerprint density at radius 2 is 1.76 bits per heavy atom. The number of nitrogens with one attached hydrogen (secondary N) is 1. The van der Waals surface area contributed by atoms with Gasteiger partial charge >= 0.3 is 18.3 Å². The van der Waals surface area contributed by atoms with Crippen molar-refractivity contribution in [3.63, 3.8) is 0 Å². The number of hydrogen-bond acceptors (Lipinski definition) is 6. The van der Waals surface area contributed by atoms with E-state index in [0.717, 1.165) is 10.6 Å². The van der Waals surface area contributed by atoms with Crippen molar-refractivity contribution in [3.8, 4) is 0 Å². The molecule has 0 atom stereocenters. The van der Waals surface area contributed by atoms with Gasteiger partial charge in [0.25, 0.3) is 0 Å². The summed E-state index contributed by atoms with van der Waals surface area (Å²) < 4.78 is 104. The Morgan fingerprint density at radius 1 is 1.12 bits per heavy atom. The molecule has 15 heteroatoms. The van der Waals surface area contributed by atoms with Crippen molar-refractivity contribution in [2.24, 2.45) is 0 Å². The van der Waals surface area contributed by atoms with Crippen molar-refractivity contribution in [1.29, 1.82) is 0 Å². The molecule has 0 aromatic carbocycles. The molecule has 3 rings (SSSR count). The van der Waals surface area contributed by atoms with Crippen LogP contribution in [0.3, 0.4) is 0 Å². The molecule has 0 radical (unpaired) electrons. The highest BCUT2D eigenvalue weighted by Gasteiger charge is 2.34. The van der Waals surface area contributed by atoms with Gasteiger partial charge in [-0.1, -0.05) is 6.92 Å². The van der Waals surface area contributed by atoms with Gasteiger partial charge in [-0.15, -0.1) is 0 Å². The Labute approximate surface area is 181 Å². The molecule has 0 amide bonds. The van der Waals surface area contributed by atoms with E-state index in [0.29, 0.717) is 24.4 Å². The van der Waals surface area contributed by atoms with Gasteiger partial charge in [-0.3, -0.25) is 9.38 Å². The third-order valence-electron chi connectivity index (χ3n) is 4.54. The van der Waals surface area contributed by atoms with Crippen LogP contribution in [0, 0.1) is 0 Å². The number of alkyl halides is 6. The lowest BCUT2D eigenvalue weighted by atomic mass is 10.1. The zero-order chi connectivity index (χ0) is 24.8. The largest absolute Gasteiger partial charge is 0.478 e. The molecule has 0 aliphatic rings. The quantitative estimate of drug-likeness (QED) is 0.498. The lowest BCUT2D eigenvalue weighted by molar-refractivity contribution is -0.138. The highest BCUT2D eigenvalue weighted by atomic mass is 32.2. The van der Waals surface area contributed by atoms with Gasteiger partial charge in [-0.05, 0) is 18.2 Å². The number of halogens is 6. The van der Waals surface area contributed by atoms with E-state index in [-0.39, 0.29) is 11.3 Å². The fourth-order valence-corrected chi connectivity index (χ4v) is 4.03. The first kappa shape index (κ1) is 24.3. The van der Waals surface area contributed by atoms with Crippen molar-refractivity contribution in [1.82, 2.24) is 14.4 Å². The number of fused-ring (bicyclic) bond motifs is 1. The molecule has 8 nitrogen and oxygen atoms in total. The van der Waals surface area contributed by atoms with E-state index >= 15 is 0 Å². The summed E-state index contributed by atoms with van der Waals surface area (Å²) in [6.07, 6.45) is -8.28. The summed E-state index contributed by atoms with van der Waals surface area (Å²) in [5.74, 6) is -2.55. The SMILES string of the molecule is CCS(=O)(=O)c1c(NCc2ncc(C(F)(F)F)cc2C(=O)O)nc2cc(C(F)(F)F)ccn12. The average molecular weight is 496 g/mol. The molecule has 3 aromatic heterocycles. The average Bonchev–Trinajstić information content (AvgIpc) is 3.09. The number of anilines is 1. The maximum Gasteiger partial charge on any atom is 0.417 e. The molecule has 0 bridgehead atoms. The minimum Gasteiger partial charge on any atom is -0.478 e. The Hall–Kier alpha value is -3.36. The number of nitrogens with zero attached hydrogens (tertiary/aromatic N) is 3. The van der Waals surface area contributed by atoms with Crippen molar-refractivity contribution < 1.29 is 44.7 Å². The smallest absolute Gasteiger partial charge is 0.417 e. The van der Waals surface area contributed by atoms with Crippen LogP contribution in [-0.2, 0) is 28.7 Å². The maximum absolute atomic E-state index is 13.0. The van der Waals surface area contributed by atoms with Gasteiger partial charge in [0, 0.05) is 12.4 Å².